The molecule has 5 nitrogen and oxygen atoms in total. The van der Waals surface area contributed by atoms with Crippen LogP contribution in [0.4, 0.5) is 11.5 Å². The van der Waals surface area contributed by atoms with Gasteiger partial charge in [0.2, 0.25) is 5.91 Å². The van der Waals surface area contributed by atoms with Gasteiger partial charge in [0, 0.05) is 42.4 Å². The number of nitrogen functional groups attached to an aromatic ring is 1. The van der Waals surface area contributed by atoms with Gasteiger partial charge >= 0.3 is 0 Å². The minimum Gasteiger partial charge on any atom is -0.399 e. The molecular formula is C22H28N4O. The van der Waals surface area contributed by atoms with Gasteiger partial charge in [-0.1, -0.05) is 38.1 Å². The van der Waals surface area contributed by atoms with E-state index in [-0.39, 0.29) is 23.3 Å². The van der Waals surface area contributed by atoms with Crippen LogP contribution in [0.5, 0.6) is 0 Å². The summed E-state index contributed by atoms with van der Waals surface area (Å²) in [5.41, 5.74) is 9.53. The zero-order valence-electron chi connectivity index (χ0n) is 16.1. The molecule has 2 aromatic rings. The van der Waals surface area contributed by atoms with Crippen LogP contribution >= 0.6 is 0 Å². The van der Waals surface area contributed by atoms with Crippen molar-refractivity contribution in [2.75, 3.05) is 23.7 Å². The van der Waals surface area contributed by atoms with Gasteiger partial charge in [0.25, 0.3) is 0 Å². The second-order valence-corrected chi connectivity index (χ2v) is 8.22. The van der Waals surface area contributed by atoms with Crippen molar-refractivity contribution in [3.63, 3.8) is 0 Å². The molecule has 0 radical (unpaired) electrons. The Morgan fingerprint density at radius 1 is 1.26 bits per heavy atom. The third kappa shape index (κ3) is 3.27. The van der Waals surface area contributed by atoms with E-state index in [4.69, 9.17) is 5.73 Å². The van der Waals surface area contributed by atoms with E-state index in [1.54, 1.807) is 6.20 Å². The highest BCUT2D eigenvalue weighted by molar-refractivity contribution is 5.78. The fourth-order valence-electron chi connectivity index (χ4n) is 4.61. The van der Waals surface area contributed by atoms with Gasteiger partial charge in [-0.2, -0.15) is 0 Å². The van der Waals surface area contributed by atoms with E-state index in [0.717, 1.165) is 43.9 Å². The minimum atomic E-state index is 0.00479. The van der Waals surface area contributed by atoms with Crippen molar-refractivity contribution in [3.05, 3.63) is 53.7 Å². The van der Waals surface area contributed by atoms with Gasteiger partial charge in [0.1, 0.15) is 5.82 Å². The van der Waals surface area contributed by atoms with Gasteiger partial charge in [-0.15, -0.1) is 0 Å². The number of benzene rings is 1. The first-order valence-corrected chi connectivity index (χ1v) is 9.85. The van der Waals surface area contributed by atoms with Crippen LogP contribution in [0.2, 0.25) is 0 Å². The predicted octanol–water partition coefficient (Wildman–Crippen LogP) is 3.42. The molecule has 1 aromatic carbocycles. The highest BCUT2D eigenvalue weighted by Crippen LogP contribution is 2.51. The maximum Gasteiger partial charge on any atom is 0.223 e. The number of carbonyl (C=O) groups excluding carboxylic acids is 1. The Labute approximate surface area is 161 Å². The van der Waals surface area contributed by atoms with E-state index in [2.05, 4.69) is 39.5 Å². The van der Waals surface area contributed by atoms with E-state index in [0.29, 0.717) is 0 Å². The van der Waals surface area contributed by atoms with Gasteiger partial charge in [0.15, 0.2) is 0 Å². The summed E-state index contributed by atoms with van der Waals surface area (Å²) in [6, 6.07) is 12.5. The maximum absolute atomic E-state index is 12.3. The molecule has 1 aliphatic heterocycles. The summed E-state index contributed by atoms with van der Waals surface area (Å²) in [7, 11) is 0. The number of pyridine rings is 1. The maximum atomic E-state index is 12.3. The normalized spacial score (nSPS) is 20.7. The molecule has 142 valence electrons. The van der Waals surface area contributed by atoms with Gasteiger partial charge in [-0.25, -0.2) is 4.98 Å². The van der Waals surface area contributed by atoms with E-state index in [9.17, 15) is 4.79 Å². The molecule has 1 atom stereocenters. The summed E-state index contributed by atoms with van der Waals surface area (Å²) in [6.07, 6.45) is 4.89. The third-order valence-electron chi connectivity index (χ3n) is 6.16. The van der Waals surface area contributed by atoms with E-state index in [1.807, 2.05) is 26.0 Å². The molecule has 1 amide bonds. The lowest BCUT2D eigenvalue weighted by Gasteiger charge is -2.41. The number of anilines is 2. The molecule has 0 bridgehead atoms. The smallest absolute Gasteiger partial charge is 0.223 e. The Bertz CT molecular complexity index is 840. The van der Waals surface area contributed by atoms with Crippen LogP contribution in [0, 0.1) is 5.92 Å². The molecule has 1 spiro atoms. The lowest BCUT2D eigenvalue weighted by atomic mass is 9.73. The van der Waals surface area contributed by atoms with Crippen molar-refractivity contribution < 1.29 is 4.79 Å². The Balaban J connectivity index is 1.55. The molecule has 5 heteroatoms. The number of rotatable bonds is 3. The van der Waals surface area contributed by atoms with Crippen LogP contribution in [-0.4, -0.2) is 24.0 Å². The molecule has 0 saturated carbocycles. The second kappa shape index (κ2) is 6.87. The lowest BCUT2D eigenvalue weighted by Crippen LogP contribution is -2.42. The number of nitrogens with two attached hydrogens (primary N) is 1. The molecule has 2 heterocycles. The summed E-state index contributed by atoms with van der Waals surface area (Å²) in [5.74, 6) is 1.10. The molecule has 2 aliphatic rings. The van der Waals surface area contributed by atoms with Crippen molar-refractivity contribution in [2.24, 2.45) is 5.92 Å². The summed E-state index contributed by atoms with van der Waals surface area (Å²) in [6.45, 7) is 5.80. The first-order chi connectivity index (χ1) is 13.0. The van der Waals surface area contributed by atoms with Crippen molar-refractivity contribution >= 4 is 17.4 Å². The van der Waals surface area contributed by atoms with E-state index in [1.165, 1.54) is 11.1 Å². The highest BCUT2D eigenvalue weighted by atomic mass is 16.1. The number of piperidine rings is 1. The molecule has 4 rings (SSSR count). The lowest BCUT2D eigenvalue weighted by molar-refractivity contribution is -0.124. The highest BCUT2D eigenvalue weighted by Gasteiger charge is 2.45. The summed E-state index contributed by atoms with van der Waals surface area (Å²) in [4.78, 5) is 19.1. The number of carbonyl (C=O) groups is 1. The van der Waals surface area contributed by atoms with Gasteiger partial charge < -0.3 is 16.0 Å². The second-order valence-electron chi connectivity index (χ2n) is 8.22. The summed E-state index contributed by atoms with van der Waals surface area (Å²) >= 11 is 0. The summed E-state index contributed by atoms with van der Waals surface area (Å²) in [5, 5.41) is 3.28. The molecular weight excluding hydrogens is 336 g/mol. The minimum absolute atomic E-state index is 0.00479. The number of nitrogens with one attached hydrogen (secondary N) is 1. The van der Waals surface area contributed by atoms with Crippen LogP contribution in [-0.2, 0) is 10.2 Å². The fourth-order valence-corrected chi connectivity index (χ4v) is 4.61. The number of aromatic nitrogens is 1. The zero-order chi connectivity index (χ0) is 19.0. The molecule has 1 fully saturated rings. The number of nitrogens with zero attached hydrogens (tertiary/aromatic N) is 2. The first kappa shape index (κ1) is 17.8. The predicted molar refractivity (Wildman–Crippen MR) is 109 cm³/mol. The Morgan fingerprint density at radius 3 is 2.70 bits per heavy atom. The largest absolute Gasteiger partial charge is 0.399 e. The average Bonchev–Trinajstić information content (AvgIpc) is 2.96. The zero-order valence-corrected chi connectivity index (χ0v) is 16.1. The number of fused-ring (bicyclic) bond motifs is 2. The Kier molecular flexibility index (Phi) is 4.54. The Hall–Kier alpha value is -2.56. The van der Waals surface area contributed by atoms with Crippen LogP contribution in [0.25, 0.3) is 0 Å². The standard InChI is InChI=1S/C22H28N4O/c1-15(2)21(27)25-19-14-22(18-6-4-3-5-17(18)19)8-11-26(12-9-22)20-13-16(23)7-10-24-20/h3-7,10,13,15,19H,8-9,11-12,14H2,1-2H3,(H2,23,24)(H,25,27). The van der Waals surface area contributed by atoms with Crippen LogP contribution < -0.4 is 16.0 Å². The third-order valence-corrected chi connectivity index (χ3v) is 6.16. The van der Waals surface area contributed by atoms with Gasteiger partial charge in [0.05, 0.1) is 6.04 Å². The van der Waals surface area contributed by atoms with Gasteiger partial charge in [-0.3, -0.25) is 4.79 Å². The summed E-state index contributed by atoms with van der Waals surface area (Å²) < 4.78 is 0. The fraction of sp³-hybridized carbons (Fsp3) is 0.455. The van der Waals surface area contributed by atoms with Crippen LogP contribution in [0.3, 0.4) is 0 Å². The molecule has 1 unspecified atom stereocenters. The van der Waals surface area contributed by atoms with E-state index < -0.39 is 0 Å². The number of hydrogen-bond acceptors (Lipinski definition) is 4. The molecule has 3 N–H and O–H groups in total. The Morgan fingerprint density at radius 2 is 2.00 bits per heavy atom. The molecule has 1 aromatic heterocycles. The van der Waals surface area contributed by atoms with Crippen molar-refractivity contribution in [1.82, 2.24) is 10.3 Å². The quantitative estimate of drug-likeness (QED) is 0.875. The van der Waals surface area contributed by atoms with Crippen molar-refractivity contribution in [1.29, 1.82) is 0 Å². The average molecular weight is 364 g/mol. The monoisotopic (exact) mass is 364 g/mol. The first-order valence-electron chi connectivity index (χ1n) is 9.85. The van der Waals surface area contributed by atoms with Gasteiger partial charge in [-0.05, 0) is 36.5 Å². The van der Waals surface area contributed by atoms with Crippen molar-refractivity contribution in [2.45, 2.75) is 44.6 Å². The topological polar surface area (TPSA) is 71.2 Å². The number of amides is 1. The molecule has 1 saturated heterocycles. The van der Waals surface area contributed by atoms with Crippen molar-refractivity contribution in [3.8, 4) is 0 Å². The number of hydrogen-bond donors (Lipinski definition) is 2. The SMILES string of the molecule is CC(C)C(=O)NC1CC2(CCN(c3cc(N)ccn3)CC2)c2ccccc21. The molecule has 1 aliphatic carbocycles. The van der Waals surface area contributed by atoms with Crippen LogP contribution in [0.1, 0.15) is 50.3 Å². The molecule has 27 heavy (non-hydrogen) atoms. The van der Waals surface area contributed by atoms with Crippen LogP contribution in [0.15, 0.2) is 42.6 Å². The van der Waals surface area contributed by atoms with E-state index >= 15 is 0 Å².